The van der Waals surface area contributed by atoms with E-state index in [1.54, 1.807) is 0 Å². The number of aromatic nitrogens is 2. The van der Waals surface area contributed by atoms with Gasteiger partial charge in [0.2, 0.25) is 0 Å². The molecule has 3 nitrogen and oxygen atoms in total. The minimum atomic E-state index is 0.406. The molecule has 0 amide bonds. The molecule has 0 aliphatic heterocycles. The van der Waals surface area contributed by atoms with Gasteiger partial charge in [0.15, 0.2) is 0 Å². The Balaban J connectivity index is 1.95. The van der Waals surface area contributed by atoms with Crippen LogP contribution in [0, 0.1) is 6.92 Å². The first-order valence-corrected chi connectivity index (χ1v) is 6.94. The lowest BCUT2D eigenvalue weighted by Gasteiger charge is -2.10. The Bertz CT molecular complexity index is 729. The van der Waals surface area contributed by atoms with Crippen molar-refractivity contribution in [2.45, 2.75) is 26.2 Å². The average Bonchev–Trinajstić information content (AvgIpc) is 2.79. The van der Waals surface area contributed by atoms with Gasteiger partial charge in [0.1, 0.15) is 11.5 Å². The number of hydrogen-bond donors (Lipinski definition) is 1. The lowest BCUT2D eigenvalue weighted by atomic mass is 9.96. The molecule has 0 fully saturated rings. The number of nitrogen functional groups attached to an aromatic ring is 1. The number of anilines is 1. The van der Waals surface area contributed by atoms with Crippen LogP contribution in [0.15, 0.2) is 48.7 Å². The van der Waals surface area contributed by atoms with Crippen molar-refractivity contribution < 1.29 is 0 Å². The molecule has 0 aliphatic rings. The number of imidazole rings is 1. The molecular formula is C17H19N3. The largest absolute Gasteiger partial charge is 0.383 e. The molecule has 0 aliphatic carbocycles. The summed E-state index contributed by atoms with van der Waals surface area (Å²) in [5.41, 5.74) is 10.6. The van der Waals surface area contributed by atoms with Crippen molar-refractivity contribution >= 4 is 11.5 Å². The fourth-order valence-electron chi connectivity index (χ4n) is 2.61. The van der Waals surface area contributed by atoms with Crippen LogP contribution in [0.1, 0.15) is 29.7 Å². The summed E-state index contributed by atoms with van der Waals surface area (Å²) in [4.78, 5) is 4.72. The van der Waals surface area contributed by atoms with Crippen LogP contribution in [-0.4, -0.2) is 9.38 Å². The van der Waals surface area contributed by atoms with E-state index >= 15 is 0 Å². The molecule has 2 N–H and O–H groups in total. The van der Waals surface area contributed by atoms with Gasteiger partial charge in [0, 0.05) is 12.6 Å². The van der Waals surface area contributed by atoms with Crippen molar-refractivity contribution in [3.63, 3.8) is 0 Å². The maximum Gasteiger partial charge on any atom is 0.141 e. The maximum atomic E-state index is 6.23. The third-order valence-electron chi connectivity index (χ3n) is 3.83. The van der Waals surface area contributed by atoms with Crippen LogP contribution in [0.4, 0.5) is 5.82 Å². The van der Waals surface area contributed by atoms with E-state index in [0.717, 1.165) is 29.1 Å². The number of fused-ring (bicyclic) bond motifs is 1. The molecule has 2 aromatic heterocycles. The Morgan fingerprint density at radius 1 is 1.15 bits per heavy atom. The van der Waals surface area contributed by atoms with Gasteiger partial charge in [0.25, 0.3) is 0 Å². The van der Waals surface area contributed by atoms with Crippen molar-refractivity contribution in [3.8, 4) is 0 Å². The maximum absolute atomic E-state index is 6.23. The zero-order valence-corrected chi connectivity index (χ0v) is 11.9. The summed E-state index contributed by atoms with van der Waals surface area (Å²) in [5.74, 6) is 1.16. The van der Waals surface area contributed by atoms with Gasteiger partial charge in [-0.2, -0.15) is 0 Å². The predicted octanol–water partition coefficient (Wildman–Crippen LogP) is 3.57. The molecule has 2 heterocycles. The van der Waals surface area contributed by atoms with Gasteiger partial charge in [-0.15, -0.1) is 0 Å². The summed E-state index contributed by atoms with van der Waals surface area (Å²) in [6.45, 7) is 4.28. The Hall–Kier alpha value is -2.29. The van der Waals surface area contributed by atoms with Crippen LogP contribution in [0.2, 0.25) is 0 Å². The van der Waals surface area contributed by atoms with Crippen LogP contribution < -0.4 is 5.73 Å². The quantitative estimate of drug-likeness (QED) is 0.786. The summed E-state index contributed by atoms with van der Waals surface area (Å²) < 4.78 is 1.97. The molecule has 3 aromatic rings. The number of benzene rings is 1. The zero-order valence-electron chi connectivity index (χ0n) is 11.9. The van der Waals surface area contributed by atoms with Crippen molar-refractivity contribution in [1.29, 1.82) is 0 Å². The molecular weight excluding hydrogens is 246 g/mol. The molecule has 20 heavy (non-hydrogen) atoms. The summed E-state index contributed by atoms with van der Waals surface area (Å²) >= 11 is 0. The van der Waals surface area contributed by atoms with Gasteiger partial charge in [-0.3, -0.25) is 4.40 Å². The predicted molar refractivity (Wildman–Crippen MR) is 82.9 cm³/mol. The summed E-state index contributed by atoms with van der Waals surface area (Å²) in [7, 11) is 0. The van der Waals surface area contributed by atoms with Crippen LogP contribution in [0.3, 0.4) is 0 Å². The van der Waals surface area contributed by atoms with Gasteiger partial charge >= 0.3 is 0 Å². The van der Waals surface area contributed by atoms with E-state index in [4.69, 9.17) is 10.7 Å². The van der Waals surface area contributed by atoms with E-state index in [2.05, 4.69) is 44.2 Å². The van der Waals surface area contributed by atoms with Gasteiger partial charge in [-0.1, -0.05) is 43.3 Å². The van der Waals surface area contributed by atoms with Crippen LogP contribution in [-0.2, 0) is 6.42 Å². The van der Waals surface area contributed by atoms with Crippen LogP contribution in [0.5, 0.6) is 0 Å². The molecule has 102 valence electrons. The van der Waals surface area contributed by atoms with Crippen LogP contribution >= 0.6 is 0 Å². The Labute approximate surface area is 119 Å². The topological polar surface area (TPSA) is 43.3 Å². The highest BCUT2D eigenvalue weighted by Crippen LogP contribution is 2.24. The van der Waals surface area contributed by atoms with Crippen molar-refractivity contribution in [3.05, 3.63) is 65.5 Å². The molecule has 3 rings (SSSR count). The average molecular weight is 265 g/mol. The first-order chi connectivity index (χ1) is 9.66. The van der Waals surface area contributed by atoms with Crippen molar-refractivity contribution in [2.24, 2.45) is 0 Å². The summed E-state index contributed by atoms with van der Waals surface area (Å²) in [6.07, 6.45) is 2.83. The second-order valence-corrected chi connectivity index (χ2v) is 5.34. The number of rotatable bonds is 3. The highest BCUT2D eigenvalue weighted by molar-refractivity contribution is 5.57. The minimum absolute atomic E-state index is 0.406. The number of aryl methyl sites for hydroxylation is 1. The number of nitrogens with two attached hydrogens (primary N) is 1. The minimum Gasteiger partial charge on any atom is -0.383 e. The molecule has 0 radical (unpaired) electrons. The fourth-order valence-corrected chi connectivity index (χ4v) is 2.61. The van der Waals surface area contributed by atoms with Crippen molar-refractivity contribution in [1.82, 2.24) is 9.38 Å². The molecule has 1 atom stereocenters. The highest BCUT2D eigenvalue weighted by atomic mass is 15.1. The highest BCUT2D eigenvalue weighted by Gasteiger charge is 2.14. The lowest BCUT2D eigenvalue weighted by molar-refractivity contribution is 0.747. The van der Waals surface area contributed by atoms with Gasteiger partial charge in [-0.05, 0) is 30.0 Å². The Kier molecular flexibility index (Phi) is 3.18. The van der Waals surface area contributed by atoms with E-state index < -0.39 is 0 Å². The second kappa shape index (κ2) is 5.00. The van der Waals surface area contributed by atoms with E-state index in [1.165, 1.54) is 5.56 Å². The fraction of sp³-hybridized carbons (Fsp3) is 0.235. The zero-order chi connectivity index (χ0) is 14.1. The molecule has 0 saturated heterocycles. The molecule has 0 spiro atoms. The van der Waals surface area contributed by atoms with Gasteiger partial charge < -0.3 is 5.73 Å². The van der Waals surface area contributed by atoms with E-state index in [0.29, 0.717) is 5.92 Å². The number of nitrogens with zero attached hydrogens (tertiary/aromatic N) is 2. The normalized spacial score (nSPS) is 12.7. The van der Waals surface area contributed by atoms with E-state index in [-0.39, 0.29) is 0 Å². The Morgan fingerprint density at radius 2 is 1.90 bits per heavy atom. The third-order valence-corrected chi connectivity index (χ3v) is 3.83. The first-order valence-electron chi connectivity index (χ1n) is 6.94. The summed E-state index contributed by atoms with van der Waals surface area (Å²) in [6, 6.07) is 14.6. The standard InChI is InChI=1S/C17H19N3/c1-12-7-6-10-20-16(18)15(19-17(12)20)11-13(2)14-8-4-3-5-9-14/h3-10,13H,11,18H2,1-2H3. The number of pyridine rings is 1. The van der Waals surface area contributed by atoms with Gasteiger partial charge in [0.05, 0.1) is 5.69 Å². The van der Waals surface area contributed by atoms with Crippen LogP contribution in [0.25, 0.3) is 5.65 Å². The van der Waals surface area contributed by atoms with Gasteiger partial charge in [-0.25, -0.2) is 4.98 Å². The van der Waals surface area contributed by atoms with Crippen molar-refractivity contribution in [2.75, 3.05) is 5.73 Å². The Morgan fingerprint density at radius 3 is 2.60 bits per heavy atom. The molecule has 0 bridgehead atoms. The molecule has 1 aromatic carbocycles. The smallest absolute Gasteiger partial charge is 0.141 e. The van der Waals surface area contributed by atoms with E-state index in [1.807, 2.05) is 22.7 Å². The monoisotopic (exact) mass is 265 g/mol. The van der Waals surface area contributed by atoms with E-state index in [9.17, 15) is 0 Å². The molecule has 1 unspecified atom stereocenters. The third kappa shape index (κ3) is 2.16. The second-order valence-electron chi connectivity index (χ2n) is 5.34. The SMILES string of the molecule is Cc1cccn2c(N)c(CC(C)c3ccccc3)nc12. The lowest BCUT2D eigenvalue weighted by Crippen LogP contribution is -2.02. The molecule has 0 saturated carbocycles. The summed E-state index contributed by atoms with van der Waals surface area (Å²) in [5, 5.41) is 0. The number of hydrogen-bond acceptors (Lipinski definition) is 2. The first kappa shape index (κ1) is 12.7. The molecule has 3 heteroatoms.